The third-order valence-corrected chi connectivity index (χ3v) is 4.56. The van der Waals surface area contributed by atoms with Crippen LogP contribution in [0, 0.1) is 0 Å². The van der Waals surface area contributed by atoms with E-state index in [1.165, 1.54) is 88.4 Å². The molecule has 0 spiro atoms. The standard InChI is InChI=1S/C19H41NO2/c1-2-3-4-5-6-7-8-9-10-11-12-13-14-15-20(16-18-21)17-19-22/h21-22H,2-19H2,1H3/p+1. The van der Waals surface area contributed by atoms with Crippen molar-refractivity contribution in [2.45, 2.75) is 90.4 Å². The van der Waals surface area contributed by atoms with E-state index in [1.54, 1.807) is 0 Å². The third-order valence-electron chi connectivity index (χ3n) is 4.56. The average molecular weight is 317 g/mol. The molecule has 0 rings (SSSR count). The summed E-state index contributed by atoms with van der Waals surface area (Å²) >= 11 is 0. The maximum atomic E-state index is 8.96. The lowest BCUT2D eigenvalue weighted by molar-refractivity contribution is -0.901. The lowest BCUT2D eigenvalue weighted by Gasteiger charge is -2.17. The van der Waals surface area contributed by atoms with E-state index in [1.807, 2.05) is 0 Å². The van der Waals surface area contributed by atoms with Gasteiger partial charge in [-0.1, -0.05) is 77.6 Å². The topological polar surface area (TPSA) is 44.9 Å². The molecule has 0 heterocycles. The van der Waals surface area contributed by atoms with Crippen molar-refractivity contribution in [2.24, 2.45) is 0 Å². The van der Waals surface area contributed by atoms with E-state index in [-0.39, 0.29) is 13.2 Å². The minimum absolute atomic E-state index is 0.230. The molecule has 0 aromatic rings. The van der Waals surface area contributed by atoms with Crippen LogP contribution in [0.5, 0.6) is 0 Å². The van der Waals surface area contributed by atoms with Gasteiger partial charge < -0.3 is 15.1 Å². The van der Waals surface area contributed by atoms with Crippen LogP contribution in [0.25, 0.3) is 0 Å². The highest BCUT2D eigenvalue weighted by molar-refractivity contribution is 4.48. The molecule has 22 heavy (non-hydrogen) atoms. The van der Waals surface area contributed by atoms with Gasteiger partial charge in [-0.15, -0.1) is 0 Å². The molecule has 0 aromatic carbocycles. The molecule has 0 aliphatic rings. The smallest absolute Gasteiger partial charge is 0.101 e. The van der Waals surface area contributed by atoms with Gasteiger partial charge in [-0.3, -0.25) is 0 Å². The molecule has 0 saturated carbocycles. The van der Waals surface area contributed by atoms with Crippen molar-refractivity contribution >= 4 is 0 Å². The van der Waals surface area contributed by atoms with Gasteiger partial charge in [-0.05, 0) is 12.8 Å². The SMILES string of the molecule is CCCCCCCCCCCCCCC[NH+](CCO)CCO. The second-order valence-electron chi connectivity index (χ2n) is 6.69. The zero-order valence-corrected chi connectivity index (χ0v) is 15.1. The zero-order chi connectivity index (χ0) is 16.3. The van der Waals surface area contributed by atoms with Crippen LogP contribution >= 0.6 is 0 Å². The largest absolute Gasteiger partial charge is 0.391 e. The number of rotatable bonds is 18. The molecule has 0 amide bonds. The van der Waals surface area contributed by atoms with Gasteiger partial charge in [0.1, 0.15) is 13.1 Å². The molecule has 0 fully saturated rings. The molecule has 134 valence electrons. The fourth-order valence-electron chi connectivity index (χ4n) is 3.08. The summed E-state index contributed by atoms with van der Waals surface area (Å²) in [6.07, 6.45) is 18.0. The van der Waals surface area contributed by atoms with Crippen molar-refractivity contribution in [1.29, 1.82) is 0 Å². The van der Waals surface area contributed by atoms with Gasteiger partial charge in [0.05, 0.1) is 19.8 Å². The van der Waals surface area contributed by atoms with Crippen molar-refractivity contribution in [3.63, 3.8) is 0 Å². The third kappa shape index (κ3) is 16.3. The van der Waals surface area contributed by atoms with Crippen molar-refractivity contribution in [1.82, 2.24) is 0 Å². The first kappa shape index (κ1) is 21.9. The molecule has 0 aliphatic heterocycles. The van der Waals surface area contributed by atoms with E-state index in [0.29, 0.717) is 0 Å². The lowest BCUT2D eigenvalue weighted by Crippen LogP contribution is -3.13. The molecule has 0 aromatic heterocycles. The first-order valence-corrected chi connectivity index (χ1v) is 9.90. The Morgan fingerprint density at radius 2 is 0.864 bits per heavy atom. The van der Waals surface area contributed by atoms with Crippen LogP contribution in [-0.2, 0) is 0 Å². The zero-order valence-electron chi connectivity index (χ0n) is 15.1. The highest BCUT2D eigenvalue weighted by Crippen LogP contribution is 2.12. The predicted octanol–water partition coefficient (Wildman–Crippen LogP) is 2.95. The summed E-state index contributed by atoms with van der Waals surface area (Å²) in [7, 11) is 0. The highest BCUT2D eigenvalue weighted by atomic mass is 16.3. The summed E-state index contributed by atoms with van der Waals surface area (Å²) in [5, 5.41) is 17.9. The normalized spacial score (nSPS) is 11.5. The van der Waals surface area contributed by atoms with Crippen LogP contribution in [0.2, 0.25) is 0 Å². The van der Waals surface area contributed by atoms with Gasteiger partial charge in [0.25, 0.3) is 0 Å². The molecule has 3 nitrogen and oxygen atoms in total. The Labute approximate surface area is 139 Å². The van der Waals surface area contributed by atoms with Crippen LogP contribution in [0.15, 0.2) is 0 Å². The Morgan fingerprint density at radius 1 is 0.500 bits per heavy atom. The van der Waals surface area contributed by atoms with Gasteiger partial charge in [-0.25, -0.2) is 0 Å². The number of aliphatic hydroxyl groups is 2. The van der Waals surface area contributed by atoms with Crippen LogP contribution in [0.4, 0.5) is 0 Å². The van der Waals surface area contributed by atoms with E-state index >= 15 is 0 Å². The Kier molecular flexibility index (Phi) is 18.8. The first-order valence-electron chi connectivity index (χ1n) is 9.90. The second kappa shape index (κ2) is 18.9. The van der Waals surface area contributed by atoms with Crippen molar-refractivity contribution in [3.8, 4) is 0 Å². The Balaban J connectivity index is 3.16. The number of unbranched alkanes of at least 4 members (excludes halogenated alkanes) is 12. The summed E-state index contributed by atoms with van der Waals surface area (Å²) in [6.45, 7) is 5.39. The molecular weight excluding hydrogens is 274 g/mol. The molecule has 0 radical (unpaired) electrons. The molecule has 0 unspecified atom stereocenters. The molecule has 0 atom stereocenters. The predicted molar refractivity (Wildman–Crippen MR) is 95.4 cm³/mol. The van der Waals surface area contributed by atoms with Gasteiger partial charge >= 0.3 is 0 Å². The maximum Gasteiger partial charge on any atom is 0.101 e. The van der Waals surface area contributed by atoms with E-state index in [9.17, 15) is 0 Å². The summed E-state index contributed by atoms with van der Waals surface area (Å²) < 4.78 is 0. The number of hydrogen-bond acceptors (Lipinski definition) is 2. The quantitative estimate of drug-likeness (QED) is 0.340. The van der Waals surface area contributed by atoms with E-state index in [2.05, 4.69) is 6.92 Å². The maximum absolute atomic E-state index is 8.96. The molecular formula is C19H42NO2+. The Bertz CT molecular complexity index is 194. The van der Waals surface area contributed by atoms with Crippen LogP contribution in [0.3, 0.4) is 0 Å². The van der Waals surface area contributed by atoms with Crippen molar-refractivity contribution in [2.75, 3.05) is 32.8 Å². The van der Waals surface area contributed by atoms with E-state index < -0.39 is 0 Å². The van der Waals surface area contributed by atoms with Crippen LogP contribution < -0.4 is 4.90 Å². The number of aliphatic hydroxyl groups excluding tert-OH is 2. The summed E-state index contributed by atoms with van der Waals surface area (Å²) in [5.41, 5.74) is 0. The fraction of sp³-hybridized carbons (Fsp3) is 1.00. The molecule has 0 aliphatic carbocycles. The van der Waals surface area contributed by atoms with Gasteiger partial charge in [0, 0.05) is 0 Å². The van der Waals surface area contributed by atoms with Crippen LogP contribution in [0.1, 0.15) is 90.4 Å². The molecule has 3 N–H and O–H groups in total. The number of hydrogen-bond donors (Lipinski definition) is 3. The summed E-state index contributed by atoms with van der Waals surface area (Å²) in [4.78, 5) is 1.34. The number of quaternary nitrogens is 1. The molecule has 0 saturated heterocycles. The van der Waals surface area contributed by atoms with E-state index in [4.69, 9.17) is 10.2 Å². The lowest BCUT2D eigenvalue weighted by atomic mass is 10.0. The number of nitrogens with one attached hydrogen (secondary N) is 1. The molecule has 3 heteroatoms. The molecule has 0 bridgehead atoms. The minimum atomic E-state index is 0.230. The van der Waals surface area contributed by atoms with Crippen molar-refractivity contribution in [3.05, 3.63) is 0 Å². The minimum Gasteiger partial charge on any atom is -0.391 e. The second-order valence-corrected chi connectivity index (χ2v) is 6.69. The first-order chi connectivity index (χ1) is 10.8. The van der Waals surface area contributed by atoms with Gasteiger partial charge in [-0.2, -0.15) is 0 Å². The monoisotopic (exact) mass is 316 g/mol. The van der Waals surface area contributed by atoms with Gasteiger partial charge in [0.15, 0.2) is 0 Å². The van der Waals surface area contributed by atoms with Crippen molar-refractivity contribution < 1.29 is 15.1 Å². The average Bonchev–Trinajstić information content (AvgIpc) is 2.52. The highest BCUT2D eigenvalue weighted by Gasteiger charge is 2.05. The van der Waals surface area contributed by atoms with Crippen LogP contribution in [-0.4, -0.2) is 43.1 Å². The summed E-state index contributed by atoms with van der Waals surface area (Å²) in [5.74, 6) is 0. The Morgan fingerprint density at radius 3 is 1.23 bits per heavy atom. The van der Waals surface area contributed by atoms with Gasteiger partial charge in [0.2, 0.25) is 0 Å². The fourth-order valence-corrected chi connectivity index (χ4v) is 3.08. The summed E-state index contributed by atoms with van der Waals surface area (Å²) in [6, 6.07) is 0. The Hall–Kier alpha value is -0.120. The van der Waals surface area contributed by atoms with E-state index in [0.717, 1.165) is 19.6 Å².